The summed E-state index contributed by atoms with van der Waals surface area (Å²) >= 11 is 1.57. The number of hydrogen-bond acceptors (Lipinski definition) is 6. The van der Waals surface area contributed by atoms with Crippen LogP contribution in [0.15, 0.2) is 35.0 Å². The third-order valence-electron chi connectivity index (χ3n) is 7.37. The average Bonchev–Trinajstić information content (AvgIpc) is 3.49. The van der Waals surface area contributed by atoms with Crippen LogP contribution in [0.5, 0.6) is 0 Å². The first-order valence-electron chi connectivity index (χ1n) is 11.6. The van der Waals surface area contributed by atoms with Gasteiger partial charge in [0.05, 0.1) is 17.8 Å². The van der Waals surface area contributed by atoms with E-state index < -0.39 is 17.4 Å². The van der Waals surface area contributed by atoms with Crippen LogP contribution in [0.25, 0.3) is 11.1 Å². The second kappa shape index (κ2) is 8.87. The Balaban J connectivity index is 1.34. The van der Waals surface area contributed by atoms with Gasteiger partial charge in [0.2, 0.25) is 11.8 Å². The average molecular weight is 481 g/mol. The number of carbonyl (C=O) groups is 4. The second-order valence-corrected chi connectivity index (χ2v) is 10.3. The molecule has 1 atom stereocenters. The number of amides is 3. The van der Waals surface area contributed by atoms with E-state index in [4.69, 9.17) is 0 Å². The van der Waals surface area contributed by atoms with Gasteiger partial charge < -0.3 is 25.0 Å². The Morgan fingerprint density at radius 1 is 1.09 bits per heavy atom. The smallest absolute Gasteiger partial charge is 0.256 e. The first kappa shape index (κ1) is 22.6. The van der Waals surface area contributed by atoms with Crippen molar-refractivity contribution in [3.05, 3.63) is 40.6 Å². The standard InChI is InChI=1S/C25H27N3O5S/c29-21(12-25(13-22(30)31)6-1-2-7-25)27-8-9-28-20(14-27)23(32)26-19-4-3-16(11-18(19)24(28)33)17-5-10-34-15-17/h3-5,10-11,15,20H,1-2,6-9,12-14H2,(H,26,32)(H,30,31)/p-1/t20-/m1/s1. The summed E-state index contributed by atoms with van der Waals surface area (Å²) in [5, 5.41) is 18.1. The number of carboxylic acids is 1. The van der Waals surface area contributed by atoms with E-state index in [0.29, 0.717) is 30.6 Å². The van der Waals surface area contributed by atoms with E-state index in [1.54, 1.807) is 27.2 Å². The number of anilines is 1. The van der Waals surface area contributed by atoms with Gasteiger partial charge >= 0.3 is 0 Å². The molecule has 0 spiro atoms. The molecule has 178 valence electrons. The molecular weight excluding hydrogens is 454 g/mol. The van der Waals surface area contributed by atoms with Crippen molar-refractivity contribution in [3.63, 3.8) is 0 Å². The second-order valence-electron chi connectivity index (χ2n) is 9.55. The Kier molecular flexibility index (Phi) is 5.89. The number of hydrogen-bond donors (Lipinski definition) is 1. The predicted molar refractivity (Wildman–Crippen MR) is 125 cm³/mol. The summed E-state index contributed by atoms with van der Waals surface area (Å²) in [5.74, 6) is -1.85. The highest BCUT2D eigenvalue weighted by atomic mass is 32.1. The zero-order valence-corrected chi connectivity index (χ0v) is 19.6. The van der Waals surface area contributed by atoms with E-state index in [9.17, 15) is 24.3 Å². The Morgan fingerprint density at radius 3 is 2.59 bits per heavy atom. The number of benzene rings is 1. The molecule has 3 aliphatic rings. The summed E-state index contributed by atoms with van der Waals surface area (Å²) in [6.45, 7) is 0.663. The first-order chi connectivity index (χ1) is 16.3. The zero-order chi connectivity index (χ0) is 23.9. The largest absolute Gasteiger partial charge is 0.550 e. The van der Waals surface area contributed by atoms with Crippen molar-refractivity contribution in [2.45, 2.75) is 44.6 Å². The minimum absolute atomic E-state index is 0.100. The summed E-state index contributed by atoms with van der Waals surface area (Å²) in [7, 11) is 0. The lowest BCUT2D eigenvalue weighted by Crippen LogP contribution is -2.59. The lowest BCUT2D eigenvalue weighted by molar-refractivity contribution is -0.308. The molecule has 2 aromatic rings. The number of nitrogens with zero attached hydrogens (tertiary/aromatic N) is 2. The molecule has 0 bridgehead atoms. The lowest BCUT2D eigenvalue weighted by Gasteiger charge is -2.40. The number of carbonyl (C=O) groups excluding carboxylic acids is 4. The molecular formula is C25H26N3O5S-. The molecule has 2 fully saturated rings. The van der Waals surface area contributed by atoms with Crippen LogP contribution in [0, 0.1) is 5.41 Å². The van der Waals surface area contributed by atoms with Gasteiger partial charge in [-0.3, -0.25) is 14.4 Å². The van der Waals surface area contributed by atoms with Crippen molar-refractivity contribution in [3.8, 4) is 11.1 Å². The van der Waals surface area contributed by atoms with Gasteiger partial charge in [0, 0.05) is 25.5 Å². The Labute approximate surface area is 201 Å². The highest BCUT2D eigenvalue weighted by molar-refractivity contribution is 7.08. The molecule has 1 N–H and O–H groups in total. The van der Waals surface area contributed by atoms with Crippen LogP contribution in [-0.2, 0) is 14.4 Å². The number of fused-ring (bicyclic) bond motifs is 2. The molecule has 0 unspecified atom stereocenters. The van der Waals surface area contributed by atoms with Gasteiger partial charge in [-0.25, -0.2) is 0 Å². The molecule has 8 nitrogen and oxygen atoms in total. The fourth-order valence-electron chi connectivity index (χ4n) is 5.57. The SMILES string of the molecule is O=C([O-])CC1(CC(=O)N2CCN3C(=O)c4cc(-c5ccsc5)ccc4NC(=O)[C@H]3C2)CCCC1. The topological polar surface area (TPSA) is 110 Å². The maximum absolute atomic E-state index is 13.4. The summed E-state index contributed by atoms with van der Waals surface area (Å²) in [4.78, 5) is 54.1. The molecule has 0 radical (unpaired) electrons. The number of rotatable bonds is 5. The Hall–Kier alpha value is -3.20. The lowest BCUT2D eigenvalue weighted by atomic mass is 9.79. The number of piperazine rings is 1. The van der Waals surface area contributed by atoms with Gasteiger partial charge in [0.25, 0.3) is 5.91 Å². The summed E-state index contributed by atoms with van der Waals surface area (Å²) in [5.41, 5.74) is 2.27. The van der Waals surface area contributed by atoms with Crippen LogP contribution in [0.2, 0.25) is 0 Å². The van der Waals surface area contributed by atoms with Gasteiger partial charge in [0.1, 0.15) is 6.04 Å². The molecule has 1 aromatic heterocycles. The monoisotopic (exact) mass is 480 g/mol. The quantitative estimate of drug-likeness (QED) is 0.705. The normalized spacial score (nSPS) is 21.5. The van der Waals surface area contributed by atoms with Crippen LogP contribution in [0.3, 0.4) is 0 Å². The summed E-state index contributed by atoms with van der Waals surface area (Å²) in [6.07, 6.45) is 3.20. The van der Waals surface area contributed by atoms with E-state index in [2.05, 4.69) is 5.32 Å². The number of thiophene rings is 1. The predicted octanol–water partition coefficient (Wildman–Crippen LogP) is 2.11. The Bertz CT molecular complexity index is 1140. The molecule has 5 rings (SSSR count). The molecule has 1 aromatic carbocycles. The summed E-state index contributed by atoms with van der Waals surface area (Å²) < 4.78 is 0. The molecule has 1 aliphatic carbocycles. The van der Waals surface area contributed by atoms with E-state index in [-0.39, 0.29) is 43.7 Å². The highest BCUT2D eigenvalue weighted by Gasteiger charge is 2.43. The van der Waals surface area contributed by atoms with E-state index in [1.807, 2.05) is 29.0 Å². The number of carboxylic acid groups (broad SMARTS) is 1. The molecule has 1 saturated heterocycles. The molecule has 9 heteroatoms. The third kappa shape index (κ3) is 4.20. The fourth-order valence-corrected chi connectivity index (χ4v) is 6.23. The van der Waals surface area contributed by atoms with Crippen molar-refractivity contribution in [1.29, 1.82) is 0 Å². The molecule has 1 saturated carbocycles. The van der Waals surface area contributed by atoms with Gasteiger partial charge in [-0.05, 0) is 64.8 Å². The van der Waals surface area contributed by atoms with Gasteiger partial charge in [0.15, 0.2) is 0 Å². The van der Waals surface area contributed by atoms with Crippen LogP contribution in [-0.4, -0.2) is 59.2 Å². The minimum Gasteiger partial charge on any atom is -0.550 e. The van der Waals surface area contributed by atoms with E-state index in [1.165, 1.54) is 0 Å². The minimum atomic E-state index is -1.13. The third-order valence-corrected chi connectivity index (χ3v) is 8.05. The van der Waals surface area contributed by atoms with Crippen molar-refractivity contribution in [2.75, 3.05) is 25.0 Å². The maximum Gasteiger partial charge on any atom is 0.256 e. The van der Waals surface area contributed by atoms with Gasteiger partial charge in [-0.1, -0.05) is 18.9 Å². The number of nitrogens with one attached hydrogen (secondary N) is 1. The van der Waals surface area contributed by atoms with Gasteiger partial charge in [-0.2, -0.15) is 11.3 Å². The molecule has 2 aliphatic heterocycles. The van der Waals surface area contributed by atoms with Crippen LogP contribution < -0.4 is 10.4 Å². The Morgan fingerprint density at radius 2 is 1.88 bits per heavy atom. The molecule has 34 heavy (non-hydrogen) atoms. The van der Waals surface area contributed by atoms with Crippen molar-refractivity contribution in [2.24, 2.45) is 5.41 Å². The maximum atomic E-state index is 13.4. The van der Waals surface area contributed by atoms with E-state index >= 15 is 0 Å². The summed E-state index contributed by atoms with van der Waals surface area (Å²) in [6, 6.07) is 6.64. The zero-order valence-electron chi connectivity index (χ0n) is 18.7. The molecule has 3 amide bonds. The fraction of sp³-hybridized carbons (Fsp3) is 0.440. The number of aliphatic carboxylic acids is 1. The van der Waals surface area contributed by atoms with Crippen molar-refractivity contribution in [1.82, 2.24) is 9.80 Å². The van der Waals surface area contributed by atoms with Gasteiger partial charge in [-0.15, -0.1) is 0 Å². The highest BCUT2D eigenvalue weighted by Crippen LogP contribution is 2.44. The van der Waals surface area contributed by atoms with Crippen LogP contribution in [0.4, 0.5) is 5.69 Å². The van der Waals surface area contributed by atoms with Crippen LogP contribution >= 0.6 is 11.3 Å². The van der Waals surface area contributed by atoms with E-state index in [0.717, 1.165) is 24.0 Å². The van der Waals surface area contributed by atoms with Crippen molar-refractivity contribution < 1.29 is 24.3 Å². The van der Waals surface area contributed by atoms with Crippen molar-refractivity contribution >= 4 is 40.7 Å². The first-order valence-corrected chi connectivity index (χ1v) is 12.6. The van der Waals surface area contributed by atoms with Crippen LogP contribution in [0.1, 0.15) is 48.9 Å². The molecule has 3 heterocycles.